The van der Waals surface area contributed by atoms with Gasteiger partial charge in [0.05, 0.1) is 0 Å². The number of ketones is 1. The molecule has 0 saturated heterocycles. The molecule has 0 spiro atoms. The van der Waals surface area contributed by atoms with Crippen molar-refractivity contribution in [3.8, 4) is 0 Å². The molecule has 3 saturated carbocycles. The Morgan fingerprint density at radius 3 is 2.62 bits per heavy atom. The van der Waals surface area contributed by atoms with Crippen molar-refractivity contribution in [2.24, 2.45) is 29.1 Å². The Bertz CT molecular complexity index is 606. The quantitative estimate of drug-likeness (QED) is 0.667. The Balaban J connectivity index is 1.61. The molecule has 0 N–H and O–H groups in total. The van der Waals surface area contributed by atoms with Crippen molar-refractivity contribution in [1.82, 2.24) is 0 Å². The van der Waals surface area contributed by atoms with E-state index < -0.39 is 0 Å². The number of rotatable bonds is 1. The van der Waals surface area contributed by atoms with Crippen molar-refractivity contribution >= 4 is 11.8 Å². The number of carbonyl (C=O) groups excluding carboxylic acids is 2. The summed E-state index contributed by atoms with van der Waals surface area (Å²) < 4.78 is 5.88. The average molecular weight is 330 g/mol. The van der Waals surface area contributed by atoms with Crippen LogP contribution in [0.1, 0.15) is 72.1 Å². The van der Waals surface area contributed by atoms with Crippen LogP contribution in [-0.2, 0) is 14.3 Å². The molecular formula is C21H30O3. The van der Waals surface area contributed by atoms with Gasteiger partial charge in [0.15, 0.2) is 5.78 Å². The Morgan fingerprint density at radius 2 is 1.88 bits per heavy atom. The molecule has 0 aromatic heterocycles. The van der Waals surface area contributed by atoms with Crippen LogP contribution < -0.4 is 0 Å². The Labute approximate surface area is 145 Å². The minimum Gasteiger partial charge on any atom is -0.459 e. The fourth-order valence-corrected chi connectivity index (χ4v) is 6.89. The lowest BCUT2D eigenvalue weighted by atomic mass is 9.51. The zero-order valence-corrected chi connectivity index (χ0v) is 15.3. The Kier molecular flexibility index (Phi) is 3.71. The van der Waals surface area contributed by atoms with Gasteiger partial charge in [-0.3, -0.25) is 9.59 Å². The Hall–Kier alpha value is -1.12. The summed E-state index contributed by atoms with van der Waals surface area (Å²) in [7, 11) is 0. The molecule has 3 heteroatoms. The van der Waals surface area contributed by atoms with Crippen molar-refractivity contribution in [3.05, 3.63) is 11.6 Å². The van der Waals surface area contributed by atoms with Gasteiger partial charge in [-0.05, 0) is 81.6 Å². The van der Waals surface area contributed by atoms with Gasteiger partial charge >= 0.3 is 5.97 Å². The second-order valence-corrected chi connectivity index (χ2v) is 9.12. The molecule has 6 atom stereocenters. The van der Waals surface area contributed by atoms with E-state index in [1.54, 1.807) is 6.92 Å². The van der Waals surface area contributed by atoms with Gasteiger partial charge in [-0.25, -0.2) is 0 Å². The highest BCUT2D eigenvalue weighted by molar-refractivity contribution is 5.91. The van der Waals surface area contributed by atoms with Crippen LogP contribution >= 0.6 is 0 Å². The van der Waals surface area contributed by atoms with E-state index >= 15 is 0 Å². The van der Waals surface area contributed by atoms with Gasteiger partial charge in [-0.15, -0.1) is 0 Å². The van der Waals surface area contributed by atoms with Crippen LogP contribution in [0.4, 0.5) is 0 Å². The highest BCUT2D eigenvalue weighted by atomic mass is 16.6. The number of carbonyl (C=O) groups is 2. The van der Waals surface area contributed by atoms with Crippen LogP contribution in [0.5, 0.6) is 0 Å². The zero-order chi connectivity index (χ0) is 17.1. The van der Waals surface area contributed by atoms with Crippen LogP contribution in [0, 0.1) is 29.1 Å². The van der Waals surface area contributed by atoms with Crippen LogP contribution in [0.2, 0.25) is 0 Å². The lowest BCUT2D eigenvalue weighted by Gasteiger charge is -2.55. The monoisotopic (exact) mass is 330 g/mol. The molecule has 0 aromatic rings. The van der Waals surface area contributed by atoms with E-state index in [0.717, 1.165) is 43.9 Å². The summed E-state index contributed by atoms with van der Waals surface area (Å²) in [5.74, 6) is 3.00. The molecule has 132 valence electrons. The molecule has 0 unspecified atom stereocenters. The minimum atomic E-state index is -0.298. The Morgan fingerprint density at radius 1 is 1.08 bits per heavy atom. The van der Waals surface area contributed by atoms with E-state index in [1.165, 1.54) is 24.8 Å². The third-order valence-corrected chi connectivity index (χ3v) is 8.20. The van der Waals surface area contributed by atoms with Crippen LogP contribution in [0.25, 0.3) is 0 Å². The zero-order valence-electron chi connectivity index (χ0n) is 15.3. The minimum absolute atomic E-state index is 0.117. The highest BCUT2D eigenvalue weighted by Crippen LogP contribution is 2.65. The fourth-order valence-electron chi connectivity index (χ4n) is 6.89. The first kappa shape index (κ1) is 16.4. The first-order valence-corrected chi connectivity index (χ1v) is 9.77. The van der Waals surface area contributed by atoms with Crippen LogP contribution in [-0.4, -0.2) is 17.4 Å². The molecule has 0 radical (unpaired) electrons. The fraction of sp³-hybridized carbons (Fsp3) is 0.810. The van der Waals surface area contributed by atoms with Gasteiger partial charge in [0.25, 0.3) is 0 Å². The first-order chi connectivity index (χ1) is 11.3. The lowest BCUT2D eigenvalue weighted by Crippen LogP contribution is -2.53. The SMILES string of the molecule is CC(=O)O[C@@]1(C)CC[C@H]2[C@@H]3CCC4=CC(=O)CC[C@@H]4[C@H]3CC[C@@]21C. The number of fused-ring (bicyclic) bond motifs is 5. The second kappa shape index (κ2) is 5.44. The number of ether oxygens (including phenoxy) is 1. The summed E-state index contributed by atoms with van der Waals surface area (Å²) in [4.78, 5) is 23.4. The molecule has 0 heterocycles. The van der Waals surface area contributed by atoms with Crippen molar-refractivity contribution in [2.45, 2.75) is 77.7 Å². The molecule has 3 nitrogen and oxygen atoms in total. The number of hydrogen-bond acceptors (Lipinski definition) is 3. The van der Waals surface area contributed by atoms with E-state index in [2.05, 4.69) is 13.8 Å². The number of allylic oxidation sites excluding steroid dienone is 1. The summed E-state index contributed by atoms with van der Waals surface area (Å²) in [6.45, 7) is 6.09. The van der Waals surface area contributed by atoms with E-state index in [1.807, 2.05) is 6.08 Å². The summed E-state index contributed by atoms with van der Waals surface area (Å²) in [6, 6.07) is 0. The third kappa shape index (κ3) is 2.23. The van der Waals surface area contributed by atoms with Gasteiger partial charge in [-0.2, -0.15) is 0 Å². The standard InChI is InChI=1S/C21H30O3/c1-13(22)24-21(3)11-9-19-18-6-4-14-12-15(23)5-7-16(14)17(18)8-10-20(19,21)2/h12,16-19H,4-11H2,1-3H3/t16-,17+,18+,19-,20-,21-/m0/s1. The molecule has 4 aliphatic rings. The maximum Gasteiger partial charge on any atom is 0.303 e. The second-order valence-electron chi connectivity index (χ2n) is 9.12. The summed E-state index contributed by atoms with van der Waals surface area (Å²) >= 11 is 0. The van der Waals surface area contributed by atoms with E-state index in [4.69, 9.17) is 4.74 Å². The summed E-state index contributed by atoms with van der Waals surface area (Å²) in [6.07, 6.45) is 10.7. The molecule has 4 rings (SSSR count). The van der Waals surface area contributed by atoms with E-state index in [9.17, 15) is 9.59 Å². The van der Waals surface area contributed by atoms with Crippen molar-refractivity contribution in [2.75, 3.05) is 0 Å². The predicted molar refractivity (Wildman–Crippen MR) is 92.3 cm³/mol. The number of hydrogen-bond donors (Lipinski definition) is 0. The van der Waals surface area contributed by atoms with Gasteiger partial charge in [0.1, 0.15) is 5.60 Å². The van der Waals surface area contributed by atoms with Crippen LogP contribution in [0.3, 0.4) is 0 Å². The van der Waals surface area contributed by atoms with Crippen molar-refractivity contribution < 1.29 is 14.3 Å². The topological polar surface area (TPSA) is 43.4 Å². The lowest BCUT2D eigenvalue weighted by molar-refractivity contribution is -0.176. The molecule has 0 aliphatic heterocycles. The number of esters is 1. The van der Waals surface area contributed by atoms with Gasteiger partial charge in [-0.1, -0.05) is 12.5 Å². The normalized spacial score (nSPS) is 47.3. The molecule has 0 bridgehead atoms. The first-order valence-electron chi connectivity index (χ1n) is 9.77. The maximum atomic E-state index is 11.8. The molecule has 0 amide bonds. The van der Waals surface area contributed by atoms with Gasteiger partial charge in [0, 0.05) is 18.8 Å². The predicted octanol–water partition coefficient (Wildman–Crippen LogP) is 4.45. The average Bonchev–Trinajstić information content (AvgIpc) is 2.77. The summed E-state index contributed by atoms with van der Waals surface area (Å²) in [5.41, 5.74) is 1.26. The van der Waals surface area contributed by atoms with Gasteiger partial charge in [0.2, 0.25) is 0 Å². The van der Waals surface area contributed by atoms with E-state index in [0.29, 0.717) is 17.6 Å². The van der Waals surface area contributed by atoms with Crippen molar-refractivity contribution in [1.29, 1.82) is 0 Å². The third-order valence-electron chi connectivity index (χ3n) is 8.20. The maximum absolute atomic E-state index is 11.8. The van der Waals surface area contributed by atoms with Gasteiger partial charge < -0.3 is 4.74 Å². The molecule has 0 aromatic carbocycles. The largest absolute Gasteiger partial charge is 0.459 e. The molecule has 4 aliphatic carbocycles. The smallest absolute Gasteiger partial charge is 0.303 e. The molecule has 24 heavy (non-hydrogen) atoms. The highest BCUT2D eigenvalue weighted by Gasteiger charge is 2.62. The van der Waals surface area contributed by atoms with Crippen molar-refractivity contribution in [3.63, 3.8) is 0 Å². The summed E-state index contributed by atoms with van der Waals surface area (Å²) in [5, 5.41) is 0. The molecule has 3 fully saturated rings. The van der Waals surface area contributed by atoms with Crippen LogP contribution in [0.15, 0.2) is 11.6 Å². The van der Waals surface area contributed by atoms with E-state index in [-0.39, 0.29) is 17.0 Å². The molecular weight excluding hydrogens is 300 g/mol.